The van der Waals surface area contributed by atoms with Gasteiger partial charge < -0.3 is 19.0 Å². The first-order valence-electron chi connectivity index (χ1n) is 11.0. The van der Waals surface area contributed by atoms with Gasteiger partial charge in [0.15, 0.2) is 4.21 Å². The van der Waals surface area contributed by atoms with Gasteiger partial charge in [0.25, 0.3) is 5.91 Å². The third-order valence-corrected chi connectivity index (χ3v) is 8.12. The Hall–Kier alpha value is -3.39. The van der Waals surface area contributed by atoms with Crippen molar-refractivity contribution >= 4 is 27.4 Å². The molecular weight excluding hydrogens is 535 g/mol. The minimum absolute atomic E-state index is 0.0162. The fraction of sp³-hybridized carbons (Fsp3) is 0.348. The highest BCUT2D eigenvalue weighted by molar-refractivity contribution is 7.89. The number of thiazole rings is 1. The Labute approximate surface area is 214 Å². The predicted octanol–water partition coefficient (Wildman–Crippen LogP) is 3.99. The van der Waals surface area contributed by atoms with Gasteiger partial charge in [0.05, 0.1) is 35.3 Å². The lowest BCUT2D eigenvalue weighted by molar-refractivity contribution is -0.139. The van der Waals surface area contributed by atoms with Gasteiger partial charge in [-0.25, -0.2) is 9.97 Å². The zero-order valence-corrected chi connectivity index (χ0v) is 21.3. The van der Waals surface area contributed by atoms with E-state index in [2.05, 4.69) is 15.3 Å². The number of pyridine rings is 1. The number of carbonyl (C=O) groups is 1. The number of amides is 1. The molecule has 0 spiro atoms. The number of rotatable bonds is 8. The van der Waals surface area contributed by atoms with E-state index < -0.39 is 41.3 Å². The van der Waals surface area contributed by atoms with Crippen molar-refractivity contribution in [1.82, 2.24) is 15.3 Å². The number of hydrogen-bond acceptors (Lipinski definition) is 9. The summed E-state index contributed by atoms with van der Waals surface area (Å²) in [4.78, 5) is 20.7. The molecule has 3 heterocycles. The topological polar surface area (TPSA) is 117 Å². The van der Waals surface area contributed by atoms with Crippen LogP contribution in [0.1, 0.15) is 33.0 Å². The normalized spacial score (nSPS) is 15.4. The van der Waals surface area contributed by atoms with Crippen LogP contribution in [0.3, 0.4) is 0 Å². The second kappa shape index (κ2) is 10.5. The molecule has 2 aromatic heterocycles. The molecule has 1 N–H and O–H groups in total. The first kappa shape index (κ1) is 26.7. The second-order valence-electron chi connectivity index (χ2n) is 8.16. The van der Waals surface area contributed by atoms with E-state index in [0.29, 0.717) is 22.0 Å². The number of halogens is 3. The average Bonchev–Trinajstić information content (AvgIpc) is 3.17. The third kappa shape index (κ3) is 6.68. The first-order valence-corrected chi connectivity index (χ1v) is 13.2. The van der Waals surface area contributed by atoms with E-state index in [9.17, 15) is 26.4 Å². The minimum atomic E-state index is -4.34. The summed E-state index contributed by atoms with van der Waals surface area (Å²) in [6.07, 6.45) is -4.03. The smallest absolute Gasteiger partial charge is 0.392 e. The zero-order valence-electron chi connectivity index (χ0n) is 19.7. The molecule has 4 rings (SSSR count). The second-order valence-corrected chi connectivity index (χ2v) is 11.1. The summed E-state index contributed by atoms with van der Waals surface area (Å²) in [7, 11) is -4.13. The van der Waals surface area contributed by atoms with Gasteiger partial charge in [-0.3, -0.25) is 4.79 Å². The summed E-state index contributed by atoms with van der Waals surface area (Å²) in [6, 6.07) is 6.96. The van der Waals surface area contributed by atoms with Crippen molar-refractivity contribution < 1.29 is 40.0 Å². The molecule has 9 nitrogen and oxygen atoms in total. The number of aryl methyl sites for hydroxylation is 2. The molecule has 0 unspecified atom stereocenters. The number of benzene rings is 1. The van der Waals surface area contributed by atoms with Gasteiger partial charge >= 0.3 is 16.3 Å². The Morgan fingerprint density at radius 3 is 2.68 bits per heavy atom. The molecule has 1 atom stereocenters. The molecule has 37 heavy (non-hydrogen) atoms. The molecule has 0 saturated heterocycles. The number of nitrogens with zero attached hydrogens (tertiary/aromatic N) is 2. The monoisotopic (exact) mass is 557 g/mol. The van der Waals surface area contributed by atoms with Gasteiger partial charge in [0.2, 0.25) is 5.88 Å². The summed E-state index contributed by atoms with van der Waals surface area (Å²) in [5.74, 6) is -0.000343. The molecule has 0 aliphatic carbocycles. The molecule has 0 saturated carbocycles. The van der Waals surface area contributed by atoms with E-state index in [4.69, 9.17) is 13.7 Å². The maximum Gasteiger partial charge on any atom is 0.392 e. The zero-order chi connectivity index (χ0) is 26.8. The Bertz CT molecular complexity index is 1390. The summed E-state index contributed by atoms with van der Waals surface area (Å²) < 4.78 is 78.6. The number of ether oxygens (including phenoxy) is 2. The van der Waals surface area contributed by atoms with Crippen LogP contribution in [0.15, 0.2) is 40.7 Å². The number of carbonyl (C=O) groups excluding carboxylic acids is 1. The van der Waals surface area contributed by atoms with Gasteiger partial charge in [-0.1, -0.05) is 6.07 Å². The number of hydrogen-bond donors (Lipinski definition) is 1. The minimum Gasteiger partial charge on any atom is -0.491 e. The summed E-state index contributed by atoms with van der Waals surface area (Å²) in [6.45, 7) is 2.84. The Morgan fingerprint density at radius 2 is 2.03 bits per heavy atom. The molecule has 0 bridgehead atoms. The van der Waals surface area contributed by atoms with Crippen molar-refractivity contribution in [3.8, 4) is 17.4 Å². The van der Waals surface area contributed by atoms with Crippen LogP contribution in [0.25, 0.3) is 0 Å². The molecule has 0 fully saturated rings. The SMILES string of the molecule is Cc1nc(C)c(S(=O)(=O)Oc2cccc3c2C[C@H](NC(=O)c2ccc(OCCC(F)(F)F)nc2)CO3)s1. The van der Waals surface area contributed by atoms with Crippen molar-refractivity contribution in [2.24, 2.45) is 0 Å². The standard InChI is InChI=1S/C23H22F3N3O6S2/c1-13-22(36-14(2)28-13)37(31,32)35-19-5-3-4-18-17(19)10-16(12-34-18)29-21(30)15-6-7-20(27-11-15)33-9-8-23(24,25)26/h3-7,11,16H,8-10,12H2,1-2H3,(H,29,30)/t16-/m0/s1. The van der Waals surface area contributed by atoms with Crippen molar-refractivity contribution in [2.45, 2.75) is 43.1 Å². The van der Waals surface area contributed by atoms with Crippen LogP contribution in [-0.2, 0) is 16.5 Å². The highest BCUT2D eigenvalue weighted by Gasteiger charge is 2.29. The molecule has 1 aliphatic heterocycles. The van der Waals surface area contributed by atoms with E-state index in [1.807, 2.05) is 0 Å². The summed E-state index contributed by atoms with van der Waals surface area (Å²) >= 11 is 1.01. The Kier molecular flexibility index (Phi) is 7.59. The fourth-order valence-electron chi connectivity index (χ4n) is 3.59. The van der Waals surface area contributed by atoms with Crippen LogP contribution in [0.5, 0.6) is 17.4 Å². The highest BCUT2D eigenvalue weighted by atomic mass is 32.3. The quantitative estimate of drug-likeness (QED) is 0.414. The largest absolute Gasteiger partial charge is 0.491 e. The van der Waals surface area contributed by atoms with E-state index in [1.54, 1.807) is 26.0 Å². The van der Waals surface area contributed by atoms with Crippen LogP contribution < -0.4 is 19.0 Å². The Morgan fingerprint density at radius 1 is 1.24 bits per heavy atom. The van der Waals surface area contributed by atoms with Crippen LogP contribution >= 0.6 is 11.3 Å². The van der Waals surface area contributed by atoms with Gasteiger partial charge in [0, 0.05) is 24.2 Å². The molecule has 1 amide bonds. The molecule has 1 aromatic carbocycles. The molecule has 198 valence electrons. The van der Waals surface area contributed by atoms with Crippen molar-refractivity contribution in [2.75, 3.05) is 13.2 Å². The maximum absolute atomic E-state index is 12.9. The van der Waals surface area contributed by atoms with E-state index in [-0.39, 0.29) is 34.4 Å². The van der Waals surface area contributed by atoms with Crippen LogP contribution in [0.4, 0.5) is 13.2 Å². The molecule has 1 aliphatic rings. The molecule has 0 radical (unpaired) electrons. The third-order valence-electron chi connectivity index (χ3n) is 5.24. The predicted molar refractivity (Wildman–Crippen MR) is 127 cm³/mol. The van der Waals surface area contributed by atoms with Gasteiger partial charge in [-0.2, -0.15) is 21.6 Å². The van der Waals surface area contributed by atoms with Gasteiger partial charge in [-0.15, -0.1) is 11.3 Å². The summed E-state index contributed by atoms with van der Waals surface area (Å²) in [5, 5.41) is 3.38. The number of fused-ring (bicyclic) bond motifs is 1. The van der Waals surface area contributed by atoms with Crippen molar-refractivity contribution in [3.63, 3.8) is 0 Å². The Balaban J connectivity index is 1.42. The van der Waals surface area contributed by atoms with Crippen molar-refractivity contribution in [1.29, 1.82) is 0 Å². The number of alkyl halides is 3. The van der Waals surface area contributed by atoms with Crippen molar-refractivity contribution in [3.05, 3.63) is 58.4 Å². The van der Waals surface area contributed by atoms with E-state index >= 15 is 0 Å². The van der Waals surface area contributed by atoms with Gasteiger partial charge in [-0.05, 0) is 32.0 Å². The van der Waals surface area contributed by atoms with E-state index in [1.165, 1.54) is 24.4 Å². The van der Waals surface area contributed by atoms with E-state index in [0.717, 1.165) is 11.3 Å². The number of nitrogens with one attached hydrogen (secondary N) is 1. The lowest BCUT2D eigenvalue weighted by Crippen LogP contribution is -2.42. The van der Waals surface area contributed by atoms with Crippen LogP contribution in [-0.4, -0.2) is 49.7 Å². The summed E-state index contributed by atoms with van der Waals surface area (Å²) in [5.41, 5.74) is 0.990. The molecular formula is C23H22F3N3O6S2. The van der Waals surface area contributed by atoms with Crippen LogP contribution in [0.2, 0.25) is 0 Å². The van der Waals surface area contributed by atoms with Crippen LogP contribution in [0, 0.1) is 13.8 Å². The highest BCUT2D eigenvalue weighted by Crippen LogP contribution is 2.35. The van der Waals surface area contributed by atoms with Gasteiger partial charge in [0.1, 0.15) is 18.1 Å². The maximum atomic E-state index is 12.9. The first-order chi connectivity index (χ1) is 17.4. The molecule has 14 heteroatoms. The lowest BCUT2D eigenvalue weighted by Gasteiger charge is -2.27. The fourth-order valence-corrected chi connectivity index (χ4v) is 5.98. The molecule has 3 aromatic rings. The lowest BCUT2D eigenvalue weighted by atomic mass is 10.0. The number of aromatic nitrogens is 2. The average molecular weight is 558 g/mol.